The molecule has 0 aliphatic heterocycles. The minimum atomic E-state index is -3.17. The Kier molecular flexibility index (Phi) is 31.5. The third kappa shape index (κ3) is 26.2. The summed E-state index contributed by atoms with van der Waals surface area (Å²) >= 11 is 0. The molecule has 4 unspecified atom stereocenters. The Hall–Kier alpha value is 0.874. The summed E-state index contributed by atoms with van der Waals surface area (Å²) in [6, 6.07) is 0. The van der Waals surface area contributed by atoms with Gasteiger partial charge in [-0.15, -0.1) is 0 Å². The van der Waals surface area contributed by atoms with Crippen LogP contribution in [0.4, 0.5) is 0 Å². The topological polar surface area (TPSA) is 80.3 Å². The van der Waals surface area contributed by atoms with Crippen LogP contribution in [0.2, 0.25) is 0 Å². The standard InChI is InChI=1S/2C16H35O2P.Ni/c2*1-5-9-11-15(7-3)13-19(17,18)14-16(8-4)12-10-6-2;/h2*15-16H,5-14H2,1-4H3,(H,17,18);/q;;+2/p-2. The summed E-state index contributed by atoms with van der Waals surface area (Å²) in [6.07, 6.45) is 19.3. The van der Waals surface area contributed by atoms with Crippen LogP contribution in [-0.2, 0) is 25.6 Å². The number of hydrogen-bond donors (Lipinski definition) is 0. The van der Waals surface area contributed by atoms with E-state index in [1.54, 1.807) is 0 Å². The SMILES string of the molecule is CCCCC(CC)CP(=O)([O-])CC(CC)CCCC.CCCCC(CC)CP(=O)([O-])CC(CC)CCCC.[Ni+2]. The minimum absolute atomic E-state index is 0. The van der Waals surface area contributed by atoms with E-state index in [4.69, 9.17) is 0 Å². The quantitative estimate of drug-likeness (QED) is 0.0779. The molecule has 0 N–H and O–H groups in total. The first-order chi connectivity index (χ1) is 18.0. The van der Waals surface area contributed by atoms with E-state index < -0.39 is 14.7 Å². The molecule has 0 aromatic carbocycles. The van der Waals surface area contributed by atoms with Crippen molar-refractivity contribution >= 4 is 14.7 Å². The van der Waals surface area contributed by atoms with Crippen LogP contribution in [0.3, 0.4) is 0 Å². The van der Waals surface area contributed by atoms with Crippen molar-refractivity contribution in [2.24, 2.45) is 23.7 Å². The van der Waals surface area contributed by atoms with Crippen molar-refractivity contribution in [3.63, 3.8) is 0 Å². The van der Waals surface area contributed by atoms with Gasteiger partial charge in [0.15, 0.2) is 0 Å². The second-order valence-corrected chi connectivity index (χ2v) is 16.7. The van der Waals surface area contributed by atoms with Gasteiger partial charge in [-0.1, -0.05) is 158 Å². The van der Waals surface area contributed by atoms with Crippen LogP contribution < -0.4 is 9.79 Å². The second kappa shape index (κ2) is 27.7. The third-order valence-electron chi connectivity index (χ3n) is 8.32. The van der Waals surface area contributed by atoms with Crippen molar-refractivity contribution in [2.75, 3.05) is 24.6 Å². The van der Waals surface area contributed by atoms with Crippen LogP contribution in [-0.4, -0.2) is 24.6 Å². The van der Waals surface area contributed by atoms with Gasteiger partial charge in [0.25, 0.3) is 0 Å². The molecule has 0 saturated heterocycles. The van der Waals surface area contributed by atoms with E-state index in [0.29, 0.717) is 48.3 Å². The van der Waals surface area contributed by atoms with Crippen molar-refractivity contribution in [1.82, 2.24) is 0 Å². The fraction of sp³-hybridized carbons (Fsp3) is 1.00. The first kappa shape index (κ1) is 44.3. The Morgan fingerprint density at radius 2 is 0.615 bits per heavy atom. The van der Waals surface area contributed by atoms with E-state index in [9.17, 15) is 18.9 Å². The van der Waals surface area contributed by atoms with Crippen molar-refractivity contribution in [2.45, 2.75) is 158 Å². The van der Waals surface area contributed by atoms with E-state index in [-0.39, 0.29) is 16.5 Å². The van der Waals surface area contributed by atoms with Gasteiger partial charge in [-0.05, 0) is 48.3 Å². The Morgan fingerprint density at radius 1 is 0.436 bits per heavy atom. The van der Waals surface area contributed by atoms with E-state index in [0.717, 1.165) is 103 Å². The molecule has 0 amide bonds. The zero-order valence-electron chi connectivity index (χ0n) is 27.3. The molecule has 0 aliphatic rings. The molecule has 0 fully saturated rings. The molecule has 0 aliphatic carbocycles. The third-order valence-corrected chi connectivity index (χ3v) is 12.6. The molecule has 0 spiro atoms. The average molecular weight is 638 g/mol. The zero-order valence-corrected chi connectivity index (χ0v) is 30.1. The average Bonchev–Trinajstić information content (AvgIpc) is 2.89. The summed E-state index contributed by atoms with van der Waals surface area (Å²) in [5.74, 6) is 1.53. The molecule has 7 heteroatoms. The van der Waals surface area contributed by atoms with Gasteiger partial charge in [-0.2, -0.15) is 0 Å². The predicted octanol–water partition coefficient (Wildman–Crippen LogP) is 10.1. The van der Waals surface area contributed by atoms with Gasteiger partial charge in [-0.3, -0.25) is 0 Å². The van der Waals surface area contributed by atoms with Gasteiger partial charge in [0.05, 0.1) is 0 Å². The van der Waals surface area contributed by atoms with Gasteiger partial charge < -0.3 is 18.9 Å². The van der Waals surface area contributed by atoms with Gasteiger partial charge >= 0.3 is 16.5 Å². The van der Waals surface area contributed by atoms with Crippen LogP contribution >= 0.6 is 14.7 Å². The Labute approximate surface area is 255 Å². The molecule has 0 rings (SSSR count). The molecule has 4 atom stereocenters. The maximum atomic E-state index is 12.3. The van der Waals surface area contributed by atoms with Crippen LogP contribution in [0.1, 0.15) is 158 Å². The number of hydrogen-bond acceptors (Lipinski definition) is 4. The summed E-state index contributed by atoms with van der Waals surface area (Å²) in [6.45, 7) is 17.2. The van der Waals surface area contributed by atoms with Crippen LogP contribution in [0.25, 0.3) is 0 Å². The Balaban J connectivity index is -0.000000648. The van der Waals surface area contributed by atoms with Crippen molar-refractivity contribution in [3.05, 3.63) is 0 Å². The summed E-state index contributed by atoms with van der Waals surface area (Å²) in [4.78, 5) is 24.6. The molecule has 0 radical (unpaired) electrons. The fourth-order valence-electron chi connectivity index (χ4n) is 5.39. The first-order valence-corrected chi connectivity index (χ1v) is 20.5. The molecule has 0 aromatic rings. The Bertz CT molecular complexity index is 521. The van der Waals surface area contributed by atoms with E-state index in [2.05, 4.69) is 55.4 Å². The minimum Gasteiger partial charge on any atom is -0.799 e. The summed E-state index contributed by atoms with van der Waals surface area (Å²) in [5, 5.41) is 0. The molecule has 4 nitrogen and oxygen atoms in total. The first-order valence-electron chi connectivity index (χ1n) is 16.6. The number of unbranched alkanes of at least 4 members (excludes halogenated alkanes) is 4. The molecule has 0 saturated carbocycles. The maximum absolute atomic E-state index is 12.3. The molecular weight excluding hydrogens is 569 g/mol. The molecule has 0 heterocycles. The second-order valence-electron chi connectivity index (χ2n) is 12.0. The normalized spacial score (nSPS) is 17.5. The summed E-state index contributed by atoms with van der Waals surface area (Å²) in [7, 11) is -6.34. The van der Waals surface area contributed by atoms with Gasteiger partial charge in [0.2, 0.25) is 0 Å². The van der Waals surface area contributed by atoms with Gasteiger partial charge in [-0.25, -0.2) is 0 Å². The maximum Gasteiger partial charge on any atom is 2.00 e. The monoisotopic (exact) mass is 636 g/mol. The molecular formula is C32H68NiO4P2. The van der Waals surface area contributed by atoms with Gasteiger partial charge in [0.1, 0.15) is 0 Å². The predicted molar refractivity (Wildman–Crippen MR) is 168 cm³/mol. The van der Waals surface area contributed by atoms with E-state index >= 15 is 0 Å². The van der Waals surface area contributed by atoms with Crippen molar-refractivity contribution in [3.8, 4) is 0 Å². The number of rotatable bonds is 24. The fourth-order valence-corrected chi connectivity index (χ4v) is 10.6. The molecule has 240 valence electrons. The molecule has 39 heavy (non-hydrogen) atoms. The zero-order chi connectivity index (χ0) is 29.5. The van der Waals surface area contributed by atoms with Crippen molar-refractivity contribution < 1.29 is 35.4 Å². The summed E-state index contributed by atoms with van der Waals surface area (Å²) in [5.41, 5.74) is 0. The van der Waals surface area contributed by atoms with E-state index in [1.165, 1.54) is 0 Å². The van der Waals surface area contributed by atoms with Crippen LogP contribution in [0.15, 0.2) is 0 Å². The van der Waals surface area contributed by atoms with E-state index in [1.807, 2.05) is 0 Å². The largest absolute Gasteiger partial charge is 2.00 e. The van der Waals surface area contributed by atoms with Gasteiger partial charge in [0, 0.05) is 14.7 Å². The Morgan fingerprint density at radius 3 is 0.744 bits per heavy atom. The molecule has 0 bridgehead atoms. The summed E-state index contributed by atoms with van der Waals surface area (Å²) < 4.78 is 24.6. The molecule has 0 aromatic heterocycles. The smallest absolute Gasteiger partial charge is 0.799 e. The van der Waals surface area contributed by atoms with Crippen molar-refractivity contribution in [1.29, 1.82) is 0 Å². The van der Waals surface area contributed by atoms with Crippen LogP contribution in [0, 0.1) is 23.7 Å². The van der Waals surface area contributed by atoms with Crippen LogP contribution in [0.5, 0.6) is 0 Å².